The molecule has 1 atom stereocenters. The van der Waals surface area contributed by atoms with Crippen LogP contribution >= 0.6 is 34.3 Å². The van der Waals surface area contributed by atoms with Gasteiger partial charge < -0.3 is 5.32 Å². The van der Waals surface area contributed by atoms with Crippen LogP contribution in [-0.2, 0) is 0 Å². The number of thiazole rings is 1. The summed E-state index contributed by atoms with van der Waals surface area (Å²) in [5, 5.41) is 12.5. The molecule has 0 spiro atoms. The van der Waals surface area contributed by atoms with Crippen molar-refractivity contribution in [3.05, 3.63) is 62.7 Å². The van der Waals surface area contributed by atoms with Crippen LogP contribution in [0.5, 0.6) is 0 Å². The van der Waals surface area contributed by atoms with Crippen LogP contribution in [0.1, 0.15) is 27.0 Å². The average Bonchev–Trinajstić information content (AvgIpc) is 3.19. The van der Waals surface area contributed by atoms with Gasteiger partial charge in [-0.1, -0.05) is 29.8 Å². The van der Waals surface area contributed by atoms with Crippen molar-refractivity contribution in [2.75, 3.05) is 0 Å². The number of carbonyl (C=O) groups is 1. The lowest BCUT2D eigenvalue weighted by atomic mass is 10.1. The lowest BCUT2D eigenvalue weighted by Crippen LogP contribution is -2.28. The van der Waals surface area contributed by atoms with Gasteiger partial charge in [0.1, 0.15) is 21.7 Å². The van der Waals surface area contributed by atoms with Gasteiger partial charge in [0, 0.05) is 5.56 Å². The van der Waals surface area contributed by atoms with Crippen molar-refractivity contribution in [2.24, 2.45) is 0 Å². The Labute approximate surface area is 156 Å². The van der Waals surface area contributed by atoms with Crippen LogP contribution in [-0.4, -0.2) is 10.9 Å². The minimum absolute atomic E-state index is 0.130. The van der Waals surface area contributed by atoms with Crippen LogP contribution in [0.15, 0.2) is 36.4 Å². The average molecular weight is 392 g/mol. The van der Waals surface area contributed by atoms with Crippen molar-refractivity contribution in [2.45, 2.75) is 13.0 Å². The molecular weight excluding hydrogens is 381 g/mol. The standard InChI is InChI=1S/C17H11ClFN3OS2/c1-9-15(25-17(21-9)13-6-7-14(18)24-13)16(23)22-12(8-20)10-4-2-3-5-11(10)19/h2-7,12H,1H3,(H,22,23). The Morgan fingerprint density at radius 1 is 1.32 bits per heavy atom. The fraction of sp³-hybridized carbons (Fsp3) is 0.118. The third-order valence-corrected chi connectivity index (χ3v) is 5.96. The number of rotatable bonds is 4. The number of halogens is 2. The van der Waals surface area contributed by atoms with Gasteiger partial charge in [0.25, 0.3) is 5.91 Å². The first-order valence-corrected chi connectivity index (χ1v) is 9.18. The van der Waals surface area contributed by atoms with E-state index in [4.69, 9.17) is 11.6 Å². The SMILES string of the molecule is Cc1nc(-c2ccc(Cl)s2)sc1C(=O)NC(C#N)c1ccccc1F. The zero-order valence-electron chi connectivity index (χ0n) is 12.9. The van der Waals surface area contributed by atoms with Gasteiger partial charge in [0.2, 0.25) is 0 Å². The lowest BCUT2D eigenvalue weighted by Gasteiger charge is -2.12. The summed E-state index contributed by atoms with van der Waals surface area (Å²) in [6.07, 6.45) is 0. The molecule has 0 radical (unpaired) electrons. The smallest absolute Gasteiger partial charge is 0.264 e. The van der Waals surface area contributed by atoms with E-state index in [1.165, 1.54) is 40.9 Å². The van der Waals surface area contributed by atoms with Crippen molar-refractivity contribution in [1.29, 1.82) is 5.26 Å². The Kier molecular flexibility index (Phi) is 5.13. The Morgan fingerprint density at radius 3 is 2.72 bits per heavy atom. The molecule has 4 nitrogen and oxygen atoms in total. The van der Waals surface area contributed by atoms with E-state index >= 15 is 0 Å². The summed E-state index contributed by atoms with van der Waals surface area (Å²) < 4.78 is 14.5. The van der Waals surface area contributed by atoms with E-state index in [0.29, 0.717) is 19.9 Å². The van der Waals surface area contributed by atoms with Crippen molar-refractivity contribution >= 4 is 40.2 Å². The molecule has 1 N–H and O–H groups in total. The van der Waals surface area contributed by atoms with Crippen LogP contribution in [0.3, 0.4) is 0 Å². The summed E-state index contributed by atoms with van der Waals surface area (Å²) in [5.41, 5.74) is 0.679. The molecular formula is C17H11ClFN3OS2. The Morgan fingerprint density at radius 2 is 2.08 bits per heavy atom. The monoisotopic (exact) mass is 391 g/mol. The van der Waals surface area contributed by atoms with Gasteiger partial charge in [-0.2, -0.15) is 5.26 Å². The summed E-state index contributed by atoms with van der Waals surface area (Å²) in [7, 11) is 0. The van der Waals surface area contributed by atoms with Crippen molar-refractivity contribution in [1.82, 2.24) is 10.3 Å². The minimum atomic E-state index is -1.07. The molecule has 3 aromatic rings. The van der Waals surface area contributed by atoms with E-state index in [2.05, 4.69) is 10.3 Å². The number of hydrogen-bond acceptors (Lipinski definition) is 5. The molecule has 3 rings (SSSR count). The third-order valence-electron chi connectivity index (χ3n) is 3.41. The second kappa shape index (κ2) is 7.31. The van der Waals surface area contributed by atoms with Gasteiger partial charge >= 0.3 is 0 Å². The topological polar surface area (TPSA) is 65.8 Å². The van der Waals surface area contributed by atoms with Gasteiger partial charge in [-0.25, -0.2) is 9.37 Å². The van der Waals surface area contributed by atoms with E-state index in [9.17, 15) is 14.4 Å². The molecule has 0 bridgehead atoms. The molecule has 126 valence electrons. The zero-order valence-corrected chi connectivity index (χ0v) is 15.3. The van der Waals surface area contributed by atoms with Crippen LogP contribution in [0.2, 0.25) is 4.34 Å². The van der Waals surface area contributed by atoms with Crippen molar-refractivity contribution in [3.63, 3.8) is 0 Å². The summed E-state index contributed by atoms with van der Waals surface area (Å²) in [6.45, 7) is 1.72. The fourth-order valence-electron chi connectivity index (χ4n) is 2.23. The van der Waals surface area contributed by atoms with E-state index in [1.54, 1.807) is 19.1 Å². The summed E-state index contributed by atoms with van der Waals surface area (Å²) >= 11 is 8.52. The maximum Gasteiger partial charge on any atom is 0.264 e. The number of amides is 1. The highest BCUT2D eigenvalue weighted by Crippen LogP contribution is 2.35. The van der Waals surface area contributed by atoms with Crippen LogP contribution in [0.4, 0.5) is 4.39 Å². The highest BCUT2D eigenvalue weighted by Gasteiger charge is 2.22. The second-order valence-electron chi connectivity index (χ2n) is 5.09. The molecule has 2 aromatic heterocycles. The number of nitrogens with zero attached hydrogens (tertiary/aromatic N) is 2. The number of thiophene rings is 1. The number of aromatic nitrogens is 1. The van der Waals surface area contributed by atoms with E-state index in [1.807, 2.05) is 12.1 Å². The molecule has 1 aromatic carbocycles. The van der Waals surface area contributed by atoms with Gasteiger partial charge in [0.05, 0.1) is 21.0 Å². The second-order valence-corrected chi connectivity index (χ2v) is 7.81. The predicted molar refractivity (Wildman–Crippen MR) is 97.4 cm³/mol. The van der Waals surface area contributed by atoms with Crippen LogP contribution in [0, 0.1) is 24.1 Å². The Balaban J connectivity index is 1.85. The predicted octanol–water partition coefficient (Wildman–Crippen LogP) is 4.97. The first-order valence-electron chi connectivity index (χ1n) is 7.17. The van der Waals surface area contributed by atoms with Crippen molar-refractivity contribution < 1.29 is 9.18 Å². The highest BCUT2D eigenvalue weighted by atomic mass is 35.5. The highest BCUT2D eigenvalue weighted by molar-refractivity contribution is 7.24. The molecule has 25 heavy (non-hydrogen) atoms. The molecule has 0 saturated carbocycles. The molecule has 1 amide bonds. The summed E-state index contributed by atoms with van der Waals surface area (Å²) in [6, 6.07) is 10.3. The lowest BCUT2D eigenvalue weighted by molar-refractivity contribution is 0.0948. The van der Waals surface area contributed by atoms with Crippen molar-refractivity contribution in [3.8, 4) is 16.0 Å². The van der Waals surface area contributed by atoms with E-state index in [0.717, 1.165) is 4.88 Å². The summed E-state index contributed by atoms with van der Waals surface area (Å²) in [5.74, 6) is -0.997. The largest absolute Gasteiger partial charge is 0.332 e. The molecule has 0 aliphatic heterocycles. The van der Waals surface area contributed by atoms with Crippen LogP contribution in [0.25, 0.3) is 9.88 Å². The van der Waals surface area contributed by atoms with Gasteiger partial charge in [-0.05, 0) is 25.1 Å². The third kappa shape index (κ3) is 3.71. The first kappa shape index (κ1) is 17.5. The number of aryl methyl sites for hydroxylation is 1. The molecule has 0 saturated heterocycles. The molecule has 0 aliphatic carbocycles. The number of nitrogens with one attached hydrogen (secondary N) is 1. The van der Waals surface area contributed by atoms with Gasteiger partial charge in [-0.3, -0.25) is 4.79 Å². The fourth-order valence-corrected chi connectivity index (χ4v) is 4.29. The number of benzene rings is 1. The van der Waals surface area contributed by atoms with Gasteiger partial charge in [-0.15, -0.1) is 22.7 Å². The maximum atomic E-state index is 13.9. The number of carbonyl (C=O) groups excluding carboxylic acids is 1. The van der Waals surface area contributed by atoms with E-state index in [-0.39, 0.29) is 5.56 Å². The quantitative estimate of drug-likeness (QED) is 0.683. The maximum absolute atomic E-state index is 13.9. The number of hydrogen-bond donors (Lipinski definition) is 1. The minimum Gasteiger partial charge on any atom is -0.332 e. The molecule has 1 unspecified atom stereocenters. The normalized spacial score (nSPS) is 11.8. The summed E-state index contributed by atoms with van der Waals surface area (Å²) in [4.78, 5) is 18.2. The van der Waals surface area contributed by atoms with Crippen LogP contribution < -0.4 is 5.32 Å². The first-order chi connectivity index (χ1) is 12.0. The van der Waals surface area contributed by atoms with E-state index < -0.39 is 17.8 Å². The Bertz CT molecular complexity index is 976. The molecule has 8 heteroatoms. The molecule has 0 fully saturated rings. The number of nitriles is 1. The zero-order chi connectivity index (χ0) is 18.0. The molecule has 0 aliphatic rings. The Hall–Kier alpha value is -2.27. The molecule has 2 heterocycles. The van der Waals surface area contributed by atoms with Gasteiger partial charge in [0.15, 0.2) is 0 Å².